The van der Waals surface area contributed by atoms with Gasteiger partial charge in [0.25, 0.3) is 0 Å². The van der Waals surface area contributed by atoms with E-state index in [1.807, 2.05) is 0 Å². The largest absolute Gasteiger partial charge is 0.261 e. The Kier molecular flexibility index (Phi) is 2.98. The summed E-state index contributed by atoms with van der Waals surface area (Å²) in [6.45, 7) is 3.52. The van der Waals surface area contributed by atoms with Crippen LogP contribution >= 0.6 is 15.9 Å². The summed E-state index contributed by atoms with van der Waals surface area (Å²) in [7, 11) is 0. The third kappa shape index (κ3) is 1.91. The van der Waals surface area contributed by atoms with E-state index in [1.165, 1.54) is 6.07 Å². The van der Waals surface area contributed by atoms with Crippen LogP contribution in [0, 0.1) is 12.7 Å². The van der Waals surface area contributed by atoms with Gasteiger partial charge in [0, 0.05) is 16.3 Å². The summed E-state index contributed by atoms with van der Waals surface area (Å²) in [6, 6.07) is 3.22. The Balaban J connectivity index is 3.27. The molecule has 1 rings (SSSR count). The fraction of sp³-hybridized carbons (Fsp3) is 0.222. The lowest BCUT2D eigenvalue weighted by atomic mass is 10.2. The molecule has 0 unspecified atom stereocenters. The van der Waals surface area contributed by atoms with E-state index in [9.17, 15) is 4.39 Å². The third-order valence-corrected chi connectivity index (χ3v) is 2.01. The maximum atomic E-state index is 13.1. The molecule has 0 amide bonds. The number of halogens is 2. The molecule has 0 radical (unpaired) electrons. The van der Waals surface area contributed by atoms with Gasteiger partial charge < -0.3 is 0 Å². The molecule has 12 heavy (non-hydrogen) atoms. The van der Waals surface area contributed by atoms with Crippen LogP contribution in [0.5, 0.6) is 0 Å². The molecule has 1 aromatic carbocycles. The topological polar surface area (TPSA) is 12.4 Å². The Morgan fingerprint density at radius 1 is 1.50 bits per heavy atom. The molecule has 3 heteroatoms. The normalized spacial score (nSPS) is 11.0. The maximum absolute atomic E-state index is 13.1. The Labute approximate surface area is 79.5 Å². The van der Waals surface area contributed by atoms with E-state index in [4.69, 9.17) is 0 Å². The summed E-state index contributed by atoms with van der Waals surface area (Å²) in [4.78, 5) is 4.03. The van der Waals surface area contributed by atoms with Gasteiger partial charge in [-0.3, -0.25) is 4.99 Å². The van der Waals surface area contributed by atoms with E-state index in [0.29, 0.717) is 15.7 Å². The van der Waals surface area contributed by atoms with Gasteiger partial charge in [0.2, 0.25) is 0 Å². The Bertz CT molecular complexity index is 321. The van der Waals surface area contributed by atoms with Crippen LogP contribution < -0.4 is 0 Å². The minimum Gasteiger partial charge on any atom is -0.261 e. The van der Waals surface area contributed by atoms with Crippen molar-refractivity contribution in [2.45, 2.75) is 13.8 Å². The summed E-state index contributed by atoms with van der Waals surface area (Å²) < 4.78 is 13.8. The average Bonchev–Trinajstić information content (AvgIpc) is 2.00. The fourth-order valence-corrected chi connectivity index (χ4v) is 1.32. The lowest BCUT2D eigenvalue weighted by molar-refractivity contribution is 0.618. The molecule has 0 spiro atoms. The quantitative estimate of drug-likeness (QED) is 0.653. The first-order valence-electron chi connectivity index (χ1n) is 3.59. The molecule has 1 nitrogen and oxygen atoms in total. The summed E-state index contributed by atoms with van der Waals surface area (Å²) in [5.41, 5.74) is 1.25. The van der Waals surface area contributed by atoms with Gasteiger partial charge >= 0.3 is 0 Å². The van der Waals surface area contributed by atoms with Crippen molar-refractivity contribution in [3.8, 4) is 0 Å². The maximum Gasteiger partial charge on any atom is 0.129 e. The molecule has 0 aromatic heterocycles. The highest BCUT2D eigenvalue weighted by Crippen LogP contribution is 2.25. The highest BCUT2D eigenvalue weighted by atomic mass is 79.9. The SMILES string of the molecule is CC=Nc1cc(Br)cc(F)c1C. The summed E-state index contributed by atoms with van der Waals surface area (Å²) in [5, 5.41) is 0. The first kappa shape index (κ1) is 9.39. The van der Waals surface area contributed by atoms with Crippen molar-refractivity contribution in [2.24, 2.45) is 4.99 Å². The van der Waals surface area contributed by atoms with E-state index in [-0.39, 0.29) is 5.82 Å². The van der Waals surface area contributed by atoms with Gasteiger partial charge in [-0.05, 0) is 26.0 Å². The van der Waals surface area contributed by atoms with Crippen molar-refractivity contribution in [2.75, 3.05) is 0 Å². The lowest BCUT2D eigenvalue weighted by Gasteiger charge is -2.01. The highest BCUT2D eigenvalue weighted by molar-refractivity contribution is 9.10. The second-order valence-electron chi connectivity index (χ2n) is 2.42. The molecule has 0 aliphatic rings. The average molecular weight is 230 g/mol. The van der Waals surface area contributed by atoms with Crippen molar-refractivity contribution in [1.82, 2.24) is 0 Å². The molecule has 0 saturated carbocycles. The number of benzene rings is 1. The predicted molar refractivity (Wildman–Crippen MR) is 52.7 cm³/mol. The van der Waals surface area contributed by atoms with Gasteiger partial charge in [-0.15, -0.1) is 0 Å². The van der Waals surface area contributed by atoms with Crippen molar-refractivity contribution >= 4 is 27.8 Å². The van der Waals surface area contributed by atoms with Gasteiger partial charge in [0.05, 0.1) is 5.69 Å². The second kappa shape index (κ2) is 3.81. The molecular weight excluding hydrogens is 221 g/mol. The third-order valence-electron chi connectivity index (χ3n) is 1.55. The molecule has 0 N–H and O–H groups in total. The Hall–Kier alpha value is -0.700. The van der Waals surface area contributed by atoms with Crippen LogP contribution in [0.2, 0.25) is 0 Å². The molecule has 0 aliphatic heterocycles. The number of hydrogen-bond acceptors (Lipinski definition) is 1. The minimum absolute atomic E-state index is 0.232. The summed E-state index contributed by atoms with van der Waals surface area (Å²) in [6.07, 6.45) is 1.65. The second-order valence-corrected chi connectivity index (χ2v) is 3.33. The monoisotopic (exact) mass is 229 g/mol. The first-order chi connectivity index (χ1) is 5.65. The molecular formula is C9H9BrFN. The van der Waals surface area contributed by atoms with Gasteiger partial charge in [0.1, 0.15) is 5.82 Å². The van der Waals surface area contributed by atoms with Gasteiger partial charge in [-0.2, -0.15) is 0 Å². The standard InChI is InChI=1S/C9H9BrFN/c1-3-12-9-5-7(10)4-8(11)6(9)2/h3-5H,1-2H3. The molecule has 0 atom stereocenters. The van der Waals surface area contributed by atoms with Crippen LogP contribution in [0.1, 0.15) is 12.5 Å². The molecule has 64 valence electrons. The van der Waals surface area contributed by atoms with E-state index < -0.39 is 0 Å². The van der Waals surface area contributed by atoms with Crippen LogP contribution in [0.25, 0.3) is 0 Å². The lowest BCUT2D eigenvalue weighted by Crippen LogP contribution is -1.82. The van der Waals surface area contributed by atoms with Crippen LogP contribution in [0.15, 0.2) is 21.6 Å². The Morgan fingerprint density at radius 3 is 2.75 bits per heavy atom. The number of nitrogens with zero attached hydrogens (tertiary/aromatic N) is 1. The molecule has 0 fully saturated rings. The Morgan fingerprint density at radius 2 is 2.17 bits per heavy atom. The van der Waals surface area contributed by atoms with Crippen molar-refractivity contribution in [3.63, 3.8) is 0 Å². The molecule has 0 heterocycles. The van der Waals surface area contributed by atoms with Crippen LogP contribution in [-0.4, -0.2) is 6.21 Å². The zero-order chi connectivity index (χ0) is 9.14. The van der Waals surface area contributed by atoms with Crippen molar-refractivity contribution in [3.05, 3.63) is 28.0 Å². The van der Waals surface area contributed by atoms with Crippen LogP contribution in [-0.2, 0) is 0 Å². The fourth-order valence-electron chi connectivity index (χ4n) is 0.905. The zero-order valence-corrected chi connectivity index (χ0v) is 8.52. The van der Waals surface area contributed by atoms with E-state index in [2.05, 4.69) is 20.9 Å². The molecule has 0 bridgehead atoms. The molecule has 1 aromatic rings. The van der Waals surface area contributed by atoms with E-state index in [0.717, 1.165) is 0 Å². The smallest absolute Gasteiger partial charge is 0.129 e. The highest BCUT2D eigenvalue weighted by Gasteiger charge is 2.03. The molecule has 0 saturated heterocycles. The van der Waals surface area contributed by atoms with Gasteiger partial charge in [-0.25, -0.2) is 4.39 Å². The number of rotatable bonds is 1. The summed E-state index contributed by atoms with van der Waals surface area (Å²) in [5.74, 6) is -0.232. The minimum atomic E-state index is -0.232. The summed E-state index contributed by atoms with van der Waals surface area (Å²) >= 11 is 3.20. The number of hydrogen-bond donors (Lipinski definition) is 0. The van der Waals surface area contributed by atoms with Gasteiger partial charge in [-0.1, -0.05) is 15.9 Å². The van der Waals surface area contributed by atoms with Crippen LogP contribution in [0.3, 0.4) is 0 Å². The van der Waals surface area contributed by atoms with Gasteiger partial charge in [0.15, 0.2) is 0 Å². The number of aliphatic imine (C=N–C) groups is 1. The first-order valence-corrected chi connectivity index (χ1v) is 4.38. The predicted octanol–water partition coefficient (Wildman–Crippen LogP) is 3.62. The molecule has 0 aliphatic carbocycles. The van der Waals surface area contributed by atoms with E-state index >= 15 is 0 Å². The van der Waals surface area contributed by atoms with E-state index in [1.54, 1.807) is 26.1 Å². The van der Waals surface area contributed by atoms with Crippen molar-refractivity contribution < 1.29 is 4.39 Å². The zero-order valence-electron chi connectivity index (χ0n) is 6.94. The van der Waals surface area contributed by atoms with Crippen molar-refractivity contribution in [1.29, 1.82) is 0 Å². The van der Waals surface area contributed by atoms with Crippen LogP contribution in [0.4, 0.5) is 10.1 Å².